The van der Waals surface area contributed by atoms with Crippen LogP contribution in [0.4, 0.5) is 0 Å². The normalized spacial score (nSPS) is 22.5. The van der Waals surface area contributed by atoms with Crippen molar-refractivity contribution in [2.24, 2.45) is 7.05 Å². The third-order valence-corrected chi connectivity index (χ3v) is 7.17. The Morgan fingerprint density at radius 2 is 1.69 bits per heavy atom. The molecular weight excluding hydrogens is 438 g/mol. The lowest BCUT2D eigenvalue weighted by molar-refractivity contribution is 0.182. The van der Waals surface area contributed by atoms with Crippen molar-refractivity contribution in [1.29, 1.82) is 0 Å². The smallest absolute Gasteiger partial charge is 0.159 e. The fourth-order valence-electron chi connectivity index (χ4n) is 5.28. The standard InChI is InChI=1S/C27H31N7O/c1-33-16-22(14-30-33)19-4-2-5-20(10-19)27-28-12-21(13-29-27)23-15-31-34(17-23)26-7-3-6-24(11-26)32-25-8-9-35-18-25/h2,4-5,10,12-17,24-26,32H,3,6-9,11,18H2,1H3. The van der Waals surface area contributed by atoms with Gasteiger partial charge in [-0.2, -0.15) is 10.2 Å². The first kappa shape index (κ1) is 22.1. The zero-order valence-corrected chi connectivity index (χ0v) is 20.0. The van der Waals surface area contributed by atoms with Gasteiger partial charge >= 0.3 is 0 Å². The van der Waals surface area contributed by atoms with Crippen LogP contribution in [-0.2, 0) is 11.8 Å². The molecule has 2 fully saturated rings. The SMILES string of the molecule is Cn1cc(-c2cccc(-c3ncc(-c4cnn(C5CCCC(NC6CCOC6)C5)c4)cn3)c2)cn1. The zero-order valence-electron chi connectivity index (χ0n) is 20.0. The topological polar surface area (TPSA) is 82.7 Å². The van der Waals surface area contributed by atoms with Gasteiger partial charge in [0.2, 0.25) is 0 Å². The Balaban J connectivity index is 1.15. The second kappa shape index (κ2) is 9.71. The summed E-state index contributed by atoms with van der Waals surface area (Å²) < 4.78 is 9.48. The van der Waals surface area contributed by atoms with E-state index in [2.05, 4.69) is 43.4 Å². The first-order valence-electron chi connectivity index (χ1n) is 12.5. The van der Waals surface area contributed by atoms with E-state index >= 15 is 0 Å². The van der Waals surface area contributed by atoms with Crippen molar-refractivity contribution in [3.05, 3.63) is 61.4 Å². The maximum atomic E-state index is 5.53. The average molecular weight is 470 g/mol. The van der Waals surface area contributed by atoms with Crippen molar-refractivity contribution in [3.63, 3.8) is 0 Å². The summed E-state index contributed by atoms with van der Waals surface area (Å²) in [6.07, 6.45) is 17.6. The molecule has 1 aliphatic heterocycles. The van der Waals surface area contributed by atoms with Gasteiger partial charge in [-0.1, -0.05) is 18.2 Å². The van der Waals surface area contributed by atoms with Crippen LogP contribution in [0.3, 0.4) is 0 Å². The van der Waals surface area contributed by atoms with Crippen LogP contribution in [0, 0.1) is 0 Å². The highest BCUT2D eigenvalue weighted by Crippen LogP contribution is 2.31. The van der Waals surface area contributed by atoms with Crippen LogP contribution in [-0.4, -0.2) is 54.8 Å². The lowest BCUT2D eigenvalue weighted by Gasteiger charge is -2.31. The molecule has 6 rings (SSSR count). The monoisotopic (exact) mass is 469 g/mol. The van der Waals surface area contributed by atoms with E-state index in [9.17, 15) is 0 Å². The number of aromatic nitrogens is 6. The molecule has 35 heavy (non-hydrogen) atoms. The van der Waals surface area contributed by atoms with E-state index in [0.717, 1.165) is 53.9 Å². The van der Waals surface area contributed by atoms with Crippen LogP contribution in [0.15, 0.2) is 61.4 Å². The number of rotatable bonds is 6. The number of nitrogens with zero attached hydrogens (tertiary/aromatic N) is 6. The molecule has 8 nitrogen and oxygen atoms in total. The first-order chi connectivity index (χ1) is 17.2. The van der Waals surface area contributed by atoms with Gasteiger partial charge in [-0.25, -0.2) is 9.97 Å². The van der Waals surface area contributed by atoms with Crippen LogP contribution >= 0.6 is 0 Å². The largest absolute Gasteiger partial charge is 0.380 e. The van der Waals surface area contributed by atoms with Gasteiger partial charge in [0.15, 0.2) is 5.82 Å². The number of hydrogen-bond acceptors (Lipinski definition) is 6. The van der Waals surface area contributed by atoms with Crippen LogP contribution < -0.4 is 5.32 Å². The van der Waals surface area contributed by atoms with Crippen LogP contribution in [0.1, 0.15) is 38.1 Å². The summed E-state index contributed by atoms with van der Waals surface area (Å²) in [5.74, 6) is 0.712. The number of benzene rings is 1. The summed E-state index contributed by atoms with van der Waals surface area (Å²) >= 11 is 0. The van der Waals surface area contributed by atoms with E-state index in [0.29, 0.717) is 23.9 Å². The maximum Gasteiger partial charge on any atom is 0.159 e. The van der Waals surface area contributed by atoms with E-state index in [1.165, 1.54) is 19.3 Å². The molecular formula is C27H31N7O. The molecule has 1 aromatic carbocycles. The van der Waals surface area contributed by atoms with Gasteiger partial charge in [0.25, 0.3) is 0 Å². The van der Waals surface area contributed by atoms with Gasteiger partial charge in [-0.15, -0.1) is 0 Å². The molecule has 0 amide bonds. The number of aryl methyl sites for hydroxylation is 1. The van der Waals surface area contributed by atoms with Crippen molar-refractivity contribution in [1.82, 2.24) is 34.8 Å². The van der Waals surface area contributed by atoms with E-state index in [-0.39, 0.29) is 0 Å². The molecule has 2 aliphatic rings. The number of nitrogens with one attached hydrogen (secondary N) is 1. The summed E-state index contributed by atoms with van der Waals surface area (Å²) in [6.45, 7) is 1.73. The molecule has 180 valence electrons. The van der Waals surface area contributed by atoms with Gasteiger partial charge in [0.1, 0.15) is 0 Å². The van der Waals surface area contributed by atoms with E-state index in [4.69, 9.17) is 9.84 Å². The summed E-state index contributed by atoms with van der Waals surface area (Å²) in [7, 11) is 1.92. The van der Waals surface area contributed by atoms with Gasteiger partial charge in [0, 0.05) is 72.8 Å². The van der Waals surface area contributed by atoms with Crippen molar-refractivity contribution >= 4 is 0 Å². The Bertz CT molecular complexity index is 1270. The lowest BCUT2D eigenvalue weighted by atomic mass is 9.90. The summed E-state index contributed by atoms with van der Waals surface area (Å²) in [4.78, 5) is 9.33. The fraction of sp³-hybridized carbons (Fsp3) is 0.407. The molecule has 3 unspecified atom stereocenters. The van der Waals surface area contributed by atoms with E-state index < -0.39 is 0 Å². The Morgan fingerprint density at radius 3 is 2.49 bits per heavy atom. The van der Waals surface area contributed by atoms with Crippen LogP contribution in [0.5, 0.6) is 0 Å². The maximum absolute atomic E-state index is 5.53. The van der Waals surface area contributed by atoms with Crippen LogP contribution in [0.25, 0.3) is 33.6 Å². The fourth-order valence-corrected chi connectivity index (χ4v) is 5.28. The zero-order chi connectivity index (χ0) is 23.6. The molecule has 1 saturated heterocycles. The Hall–Kier alpha value is -3.36. The van der Waals surface area contributed by atoms with E-state index in [1.54, 1.807) is 0 Å². The summed E-state index contributed by atoms with van der Waals surface area (Å²) in [6, 6.07) is 9.73. The predicted octanol–water partition coefficient (Wildman–Crippen LogP) is 4.27. The first-order valence-corrected chi connectivity index (χ1v) is 12.5. The molecule has 1 saturated carbocycles. The molecule has 3 aromatic heterocycles. The third-order valence-electron chi connectivity index (χ3n) is 7.17. The second-order valence-electron chi connectivity index (χ2n) is 9.73. The van der Waals surface area contributed by atoms with Gasteiger partial charge in [-0.3, -0.25) is 9.36 Å². The third kappa shape index (κ3) is 4.90. The minimum Gasteiger partial charge on any atom is -0.380 e. The molecule has 4 heterocycles. The molecule has 8 heteroatoms. The predicted molar refractivity (Wildman–Crippen MR) is 135 cm³/mol. The molecule has 3 atom stereocenters. The van der Waals surface area contributed by atoms with Gasteiger partial charge in [0.05, 0.1) is 25.0 Å². The highest BCUT2D eigenvalue weighted by molar-refractivity contribution is 5.70. The average Bonchev–Trinajstić information content (AvgIpc) is 3.67. The number of hydrogen-bond donors (Lipinski definition) is 1. The number of ether oxygens (including phenoxy) is 1. The summed E-state index contributed by atoms with van der Waals surface area (Å²) in [5, 5.41) is 12.8. The highest BCUT2D eigenvalue weighted by atomic mass is 16.5. The second-order valence-corrected chi connectivity index (χ2v) is 9.73. The van der Waals surface area contributed by atoms with Crippen molar-refractivity contribution < 1.29 is 4.74 Å². The Kier molecular flexibility index (Phi) is 6.14. The molecule has 4 aromatic rings. The van der Waals surface area contributed by atoms with Crippen molar-refractivity contribution in [2.75, 3.05) is 13.2 Å². The lowest BCUT2D eigenvalue weighted by Crippen LogP contribution is -2.41. The Morgan fingerprint density at radius 1 is 0.857 bits per heavy atom. The van der Waals surface area contributed by atoms with Gasteiger partial charge < -0.3 is 10.1 Å². The molecule has 1 N–H and O–H groups in total. The minimum atomic E-state index is 0.424. The summed E-state index contributed by atoms with van der Waals surface area (Å²) in [5.41, 5.74) is 5.21. The molecule has 0 spiro atoms. The van der Waals surface area contributed by atoms with Gasteiger partial charge in [-0.05, 0) is 43.7 Å². The van der Waals surface area contributed by atoms with Crippen molar-refractivity contribution in [3.8, 4) is 33.6 Å². The highest BCUT2D eigenvalue weighted by Gasteiger charge is 2.27. The minimum absolute atomic E-state index is 0.424. The molecule has 0 radical (unpaired) electrons. The molecule has 0 bridgehead atoms. The van der Waals surface area contributed by atoms with Crippen LogP contribution in [0.2, 0.25) is 0 Å². The van der Waals surface area contributed by atoms with E-state index in [1.807, 2.05) is 54.8 Å². The quantitative estimate of drug-likeness (QED) is 0.454. The van der Waals surface area contributed by atoms with Crippen molar-refractivity contribution in [2.45, 2.75) is 50.2 Å². The molecule has 1 aliphatic carbocycles. The Labute approximate surface area is 205 Å².